The van der Waals surface area contributed by atoms with Gasteiger partial charge >= 0.3 is 12.1 Å². The average Bonchev–Trinajstić information content (AvgIpc) is 3.33. The van der Waals surface area contributed by atoms with Crippen molar-refractivity contribution in [2.45, 2.75) is 24.6 Å². The first-order valence-electron chi connectivity index (χ1n) is 13.1. The van der Waals surface area contributed by atoms with Crippen LogP contribution in [0.4, 0.5) is 4.79 Å². The van der Waals surface area contributed by atoms with Gasteiger partial charge in [-0.3, -0.25) is 14.5 Å². The lowest BCUT2D eigenvalue weighted by atomic mass is 9.98. The first-order chi connectivity index (χ1) is 19.8. The number of imide groups is 1. The van der Waals surface area contributed by atoms with E-state index in [9.17, 15) is 24.3 Å². The molecule has 0 spiro atoms. The maximum atomic E-state index is 13.1. The Morgan fingerprint density at radius 3 is 2.05 bits per heavy atom. The molecular weight excluding hydrogens is 528 g/mol. The van der Waals surface area contributed by atoms with Gasteiger partial charge in [-0.25, -0.2) is 9.59 Å². The number of hydrogen-bond donors (Lipinski definition) is 4. The fourth-order valence-electron chi connectivity index (χ4n) is 4.74. The Balaban J connectivity index is 1.34. The molecule has 1 aliphatic rings. The van der Waals surface area contributed by atoms with E-state index < -0.39 is 55.7 Å². The predicted octanol–water partition coefficient (Wildman–Crippen LogP) is 1.27. The van der Waals surface area contributed by atoms with Gasteiger partial charge in [0.05, 0.1) is 13.2 Å². The van der Waals surface area contributed by atoms with E-state index in [2.05, 4.69) is 5.32 Å². The van der Waals surface area contributed by atoms with Crippen molar-refractivity contribution in [2.75, 3.05) is 26.3 Å². The van der Waals surface area contributed by atoms with Crippen LogP contribution in [-0.2, 0) is 30.5 Å². The maximum absolute atomic E-state index is 13.1. The normalized spacial score (nSPS) is 13.3. The number of carbonyl (C=O) groups is 4. The number of rotatable bonds is 11. The maximum Gasteiger partial charge on any atom is 0.407 e. The second kappa shape index (κ2) is 13.7. The van der Waals surface area contributed by atoms with Crippen LogP contribution >= 0.6 is 0 Å². The summed E-state index contributed by atoms with van der Waals surface area (Å²) in [5.41, 5.74) is 16.3. The number of amides is 3. The van der Waals surface area contributed by atoms with Crippen molar-refractivity contribution < 1.29 is 33.8 Å². The number of nitrogens with one attached hydrogen (secondary N) is 1. The molecule has 11 heteroatoms. The minimum atomic E-state index is -1.66. The molecule has 0 saturated carbocycles. The molecule has 3 amide bonds. The van der Waals surface area contributed by atoms with E-state index in [1.54, 1.807) is 30.3 Å². The van der Waals surface area contributed by atoms with Crippen LogP contribution in [0.15, 0.2) is 78.9 Å². The lowest BCUT2D eigenvalue weighted by Gasteiger charge is -2.29. The number of esters is 1. The number of aliphatic hydroxyl groups is 1. The summed E-state index contributed by atoms with van der Waals surface area (Å²) in [4.78, 5) is 51.3. The number of carbonyl (C=O) groups excluding carboxylic acids is 4. The van der Waals surface area contributed by atoms with Gasteiger partial charge in [-0.05, 0) is 27.8 Å². The Morgan fingerprint density at radius 1 is 0.878 bits per heavy atom. The third kappa shape index (κ3) is 6.77. The van der Waals surface area contributed by atoms with E-state index in [4.69, 9.17) is 20.9 Å². The average molecular weight is 561 g/mol. The summed E-state index contributed by atoms with van der Waals surface area (Å²) >= 11 is 0. The standard InChI is InChI=1S/C30H32N4O7/c31-14-27(36)34(26(16-35)29(38)40-17-19-8-2-1-3-9-19)28(37)25(32)15-33-30(39)41-18-24-22-12-6-4-10-20(22)21-11-5-7-13-23(21)24/h1-13,24-26,35H,14-18,31-32H2,(H,33,39)/t25-,26-/m0/s1. The summed E-state index contributed by atoms with van der Waals surface area (Å²) in [6.45, 7) is -2.01. The van der Waals surface area contributed by atoms with E-state index in [-0.39, 0.29) is 19.1 Å². The molecule has 0 heterocycles. The summed E-state index contributed by atoms with van der Waals surface area (Å²) in [5, 5.41) is 12.3. The van der Waals surface area contributed by atoms with E-state index in [0.29, 0.717) is 10.5 Å². The van der Waals surface area contributed by atoms with Crippen LogP contribution in [0, 0.1) is 0 Å². The monoisotopic (exact) mass is 560 g/mol. The Morgan fingerprint density at radius 2 is 1.46 bits per heavy atom. The zero-order valence-electron chi connectivity index (χ0n) is 22.3. The van der Waals surface area contributed by atoms with Gasteiger partial charge in [-0.1, -0.05) is 78.9 Å². The largest absolute Gasteiger partial charge is 0.459 e. The van der Waals surface area contributed by atoms with Crippen LogP contribution in [0.25, 0.3) is 11.1 Å². The molecule has 1 aliphatic carbocycles. The summed E-state index contributed by atoms with van der Waals surface area (Å²) in [6, 6.07) is 21.4. The van der Waals surface area contributed by atoms with Crippen LogP contribution < -0.4 is 16.8 Å². The van der Waals surface area contributed by atoms with Crippen LogP contribution in [0.3, 0.4) is 0 Å². The third-order valence-corrected chi connectivity index (χ3v) is 6.79. The van der Waals surface area contributed by atoms with Gasteiger partial charge in [0.1, 0.15) is 19.3 Å². The fourth-order valence-corrected chi connectivity index (χ4v) is 4.74. The van der Waals surface area contributed by atoms with Gasteiger partial charge in [0.15, 0.2) is 6.04 Å². The van der Waals surface area contributed by atoms with Gasteiger partial charge in [0, 0.05) is 12.5 Å². The van der Waals surface area contributed by atoms with Gasteiger partial charge < -0.3 is 31.4 Å². The van der Waals surface area contributed by atoms with Crippen LogP contribution in [0.2, 0.25) is 0 Å². The fraction of sp³-hybridized carbons (Fsp3) is 0.267. The van der Waals surface area contributed by atoms with Gasteiger partial charge in [-0.15, -0.1) is 0 Å². The summed E-state index contributed by atoms with van der Waals surface area (Å²) in [6.07, 6.45) is -0.812. The molecule has 0 fully saturated rings. The van der Waals surface area contributed by atoms with E-state index in [1.165, 1.54) is 0 Å². The molecule has 214 valence electrons. The molecule has 0 aromatic heterocycles. The van der Waals surface area contributed by atoms with Gasteiger partial charge in [0.25, 0.3) is 0 Å². The molecule has 0 bridgehead atoms. The van der Waals surface area contributed by atoms with Crippen molar-refractivity contribution >= 4 is 23.9 Å². The number of fused-ring (bicyclic) bond motifs is 3. The molecule has 0 radical (unpaired) electrons. The highest BCUT2D eigenvalue weighted by atomic mass is 16.5. The number of nitrogens with zero attached hydrogens (tertiary/aromatic N) is 1. The van der Waals surface area contributed by atoms with Gasteiger partial charge in [-0.2, -0.15) is 0 Å². The second-order valence-electron chi connectivity index (χ2n) is 9.41. The van der Waals surface area contributed by atoms with E-state index in [1.807, 2.05) is 48.5 Å². The molecule has 3 aromatic carbocycles. The number of nitrogens with two attached hydrogens (primary N) is 2. The minimum Gasteiger partial charge on any atom is -0.459 e. The molecule has 4 rings (SSSR count). The molecule has 11 nitrogen and oxygen atoms in total. The SMILES string of the molecule is NCC(=O)N(C(=O)[C@@H](N)CNC(=O)OCC1c2ccccc2-c2ccccc21)[C@@H](CO)C(=O)OCc1ccccc1. The molecule has 0 saturated heterocycles. The first-order valence-corrected chi connectivity index (χ1v) is 13.1. The second-order valence-corrected chi connectivity index (χ2v) is 9.41. The molecular formula is C30H32N4O7. The van der Waals surface area contributed by atoms with Crippen molar-refractivity contribution in [1.82, 2.24) is 10.2 Å². The molecule has 41 heavy (non-hydrogen) atoms. The highest BCUT2D eigenvalue weighted by molar-refractivity contribution is 6.02. The van der Waals surface area contributed by atoms with Crippen LogP contribution in [0.5, 0.6) is 0 Å². The summed E-state index contributed by atoms with van der Waals surface area (Å²) in [7, 11) is 0. The first kappa shape index (κ1) is 29.4. The quantitative estimate of drug-likeness (QED) is 0.252. The van der Waals surface area contributed by atoms with Crippen molar-refractivity contribution in [2.24, 2.45) is 11.5 Å². The number of alkyl carbamates (subject to hydrolysis) is 1. The van der Waals surface area contributed by atoms with Crippen molar-refractivity contribution in [3.05, 3.63) is 95.6 Å². The number of ether oxygens (including phenoxy) is 2. The lowest BCUT2D eigenvalue weighted by molar-refractivity contribution is -0.164. The molecule has 0 unspecified atom stereocenters. The summed E-state index contributed by atoms with van der Waals surface area (Å²) in [5.74, 6) is -3.13. The zero-order chi connectivity index (χ0) is 29.4. The van der Waals surface area contributed by atoms with E-state index >= 15 is 0 Å². The minimum absolute atomic E-state index is 0.0562. The highest BCUT2D eigenvalue weighted by Crippen LogP contribution is 2.44. The number of benzene rings is 3. The van der Waals surface area contributed by atoms with Crippen LogP contribution in [-0.4, -0.2) is 72.3 Å². The smallest absolute Gasteiger partial charge is 0.407 e. The lowest BCUT2D eigenvalue weighted by Crippen LogP contribution is -2.59. The van der Waals surface area contributed by atoms with Crippen molar-refractivity contribution in [3.8, 4) is 11.1 Å². The third-order valence-electron chi connectivity index (χ3n) is 6.79. The van der Waals surface area contributed by atoms with E-state index in [0.717, 1.165) is 22.3 Å². The number of aliphatic hydroxyl groups excluding tert-OH is 1. The van der Waals surface area contributed by atoms with Crippen molar-refractivity contribution in [1.29, 1.82) is 0 Å². The zero-order valence-corrected chi connectivity index (χ0v) is 22.3. The predicted molar refractivity (Wildman–Crippen MR) is 149 cm³/mol. The van der Waals surface area contributed by atoms with Crippen molar-refractivity contribution in [3.63, 3.8) is 0 Å². The molecule has 2 atom stereocenters. The Labute approximate surface area is 237 Å². The highest BCUT2D eigenvalue weighted by Gasteiger charge is 2.37. The topological polar surface area (TPSA) is 174 Å². The Hall–Kier alpha value is -4.58. The molecule has 6 N–H and O–H groups in total. The molecule has 3 aromatic rings. The van der Waals surface area contributed by atoms with Crippen LogP contribution in [0.1, 0.15) is 22.6 Å². The Kier molecular flexibility index (Phi) is 9.80. The van der Waals surface area contributed by atoms with Gasteiger partial charge in [0.2, 0.25) is 11.8 Å². The Bertz CT molecular complexity index is 1350. The summed E-state index contributed by atoms with van der Waals surface area (Å²) < 4.78 is 10.6. The molecule has 0 aliphatic heterocycles. The number of hydrogen-bond acceptors (Lipinski definition) is 9.